The highest BCUT2D eigenvalue weighted by Crippen LogP contribution is 2.59. The molecule has 0 saturated heterocycles. The minimum Gasteiger partial charge on any atom is -0.455 e. The number of hydrogen-bond acceptors (Lipinski definition) is 2. The fourth-order valence-corrected chi connectivity index (χ4v) is 6.75. The van der Waals surface area contributed by atoms with Crippen LogP contribution >= 0.6 is 0 Å². The minimum atomic E-state index is 0.171. The molecule has 34 heavy (non-hydrogen) atoms. The second-order valence-corrected chi connectivity index (χ2v) is 10.6. The highest BCUT2D eigenvalue weighted by atomic mass is 16.3. The maximum absolute atomic E-state index is 6.67. The molecular weight excluding hydrogens is 414 g/mol. The van der Waals surface area contributed by atoms with Crippen molar-refractivity contribution >= 4 is 21.9 Å². The van der Waals surface area contributed by atoms with Gasteiger partial charge in [-0.1, -0.05) is 69.2 Å². The third kappa shape index (κ3) is 2.54. The van der Waals surface area contributed by atoms with Crippen LogP contribution in [0.3, 0.4) is 0 Å². The molecule has 0 aliphatic heterocycles. The van der Waals surface area contributed by atoms with E-state index in [-0.39, 0.29) is 5.41 Å². The predicted molar refractivity (Wildman–Crippen MR) is 140 cm³/mol. The molecule has 3 aromatic carbocycles. The Morgan fingerprint density at radius 2 is 1.71 bits per heavy atom. The molecule has 1 fully saturated rings. The average molecular weight is 444 g/mol. The number of furan rings is 1. The predicted octanol–water partition coefficient (Wildman–Crippen LogP) is 8.92. The first kappa shape index (κ1) is 20.0. The van der Waals surface area contributed by atoms with E-state index in [9.17, 15) is 0 Å². The number of aromatic nitrogens is 1. The van der Waals surface area contributed by atoms with Gasteiger partial charge < -0.3 is 4.42 Å². The summed E-state index contributed by atoms with van der Waals surface area (Å²) in [6, 6.07) is 22.5. The molecule has 2 nitrogen and oxygen atoms in total. The van der Waals surface area contributed by atoms with E-state index < -0.39 is 0 Å². The van der Waals surface area contributed by atoms with Crippen LogP contribution in [-0.4, -0.2) is 4.98 Å². The zero-order valence-electron chi connectivity index (χ0n) is 20.1. The van der Waals surface area contributed by atoms with Crippen molar-refractivity contribution < 1.29 is 4.42 Å². The van der Waals surface area contributed by atoms with Crippen molar-refractivity contribution in [3.63, 3.8) is 0 Å². The Labute approximate surface area is 200 Å². The molecular formula is C32H29NO. The smallest absolute Gasteiger partial charge is 0.145 e. The van der Waals surface area contributed by atoms with Gasteiger partial charge in [0.1, 0.15) is 11.2 Å². The summed E-state index contributed by atoms with van der Waals surface area (Å²) < 4.78 is 6.67. The summed E-state index contributed by atoms with van der Waals surface area (Å²) in [5.74, 6) is 0.458. The van der Waals surface area contributed by atoms with Gasteiger partial charge in [0, 0.05) is 27.9 Å². The molecule has 0 bridgehead atoms. The number of rotatable bonds is 2. The van der Waals surface area contributed by atoms with E-state index in [2.05, 4.69) is 81.4 Å². The summed E-state index contributed by atoms with van der Waals surface area (Å²) in [5, 5.41) is 2.47. The van der Waals surface area contributed by atoms with E-state index in [0.717, 1.165) is 22.4 Å². The Morgan fingerprint density at radius 1 is 0.882 bits per heavy atom. The van der Waals surface area contributed by atoms with Crippen LogP contribution in [0.25, 0.3) is 44.3 Å². The van der Waals surface area contributed by atoms with E-state index in [1.165, 1.54) is 69.8 Å². The first-order valence-electron chi connectivity index (χ1n) is 12.6. The average Bonchev–Trinajstić information content (AvgIpc) is 3.55. The van der Waals surface area contributed by atoms with E-state index in [1.54, 1.807) is 0 Å². The van der Waals surface area contributed by atoms with E-state index >= 15 is 0 Å². The molecule has 1 spiro atoms. The van der Waals surface area contributed by atoms with Gasteiger partial charge in [0.2, 0.25) is 0 Å². The van der Waals surface area contributed by atoms with Gasteiger partial charge in [0.25, 0.3) is 0 Å². The molecule has 0 unspecified atom stereocenters. The largest absolute Gasteiger partial charge is 0.455 e. The number of benzene rings is 3. The number of nitrogens with zero attached hydrogens (tertiary/aromatic N) is 1. The SMILES string of the molecule is Cc1ccc2c(oc3ccc4c(c32)-c2ccccc2C42CCCC2)c1-c1cc(C(C)C)ccn1. The highest BCUT2D eigenvalue weighted by Gasteiger charge is 2.45. The lowest BCUT2D eigenvalue weighted by atomic mass is 9.76. The first-order chi connectivity index (χ1) is 16.6. The van der Waals surface area contributed by atoms with Crippen molar-refractivity contribution in [2.45, 2.75) is 57.8 Å². The fraction of sp³-hybridized carbons (Fsp3) is 0.281. The molecule has 2 heteroatoms. The zero-order valence-corrected chi connectivity index (χ0v) is 20.1. The maximum atomic E-state index is 6.67. The number of pyridine rings is 1. The van der Waals surface area contributed by atoms with Crippen LogP contribution in [0.4, 0.5) is 0 Å². The third-order valence-electron chi connectivity index (χ3n) is 8.41. The van der Waals surface area contributed by atoms with Crippen LogP contribution in [0.5, 0.6) is 0 Å². The van der Waals surface area contributed by atoms with Crippen molar-refractivity contribution in [3.05, 3.63) is 89.1 Å². The van der Waals surface area contributed by atoms with Gasteiger partial charge in [0.15, 0.2) is 0 Å². The lowest BCUT2D eigenvalue weighted by Gasteiger charge is -2.26. The van der Waals surface area contributed by atoms with Crippen LogP contribution < -0.4 is 0 Å². The molecule has 7 rings (SSSR count). The summed E-state index contributed by atoms with van der Waals surface area (Å²) in [4.78, 5) is 4.78. The van der Waals surface area contributed by atoms with Gasteiger partial charge in [-0.3, -0.25) is 4.98 Å². The van der Waals surface area contributed by atoms with Crippen LogP contribution in [-0.2, 0) is 5.41 Å². The second kappa shape index (κ2) is 7.06. The van der Waals surface area contributed by atoms with Crippen molar-refractivity contribution in [1.82, 2.24) is 4.98 Å². The van der Waals surface area contributed by atoms with Gasteiger partial charge in [-0.2, -0.15) is 0 Å². The monoisotopic (exact) mass is 443 g/mol. The Bertz CT molecular complexity index is 1600. The Kier molecular flexibility index (Phi) is 4.16. The summed E-state index contributed by atoms with van der Waals surface area (Å²) >= 11 is 0. The summed E-state index contributed by atoms with van der Waals surface area (Å²) in [7, 11) is 0. The fourth-order valence-electron chi connectivity index (χ4n) is 6.75. The van der Waals surface area contributed by atoms with E-state index in [4.69, 9.17) is 9.40 Å². The second-order valence-electron chi connectivity index (χ2n) is 10.6. The molecule has 5 aromatic rings. The molecule has 0 atom stereocenters. The molecule has 2 heterocycles. The molecule has 168 valence electrons. The van der Waals surface area contributed by atoms with E-state index in [1.807, 2.05) is 6.20 Å². The normalized spacial score (nSPS) is 16.1. The lowest BCUT2D eigenvalue weighted by molar-refractivity contribution is 0.550. The summed E-state index contributed by atoms with van der Waals surface area (Å²) in [6.45, 7) is 6.62. The zero-order chi connectivity index (χ0) is 23.0. The van der Waals surface area contributed by atoms with Crippen LogP contribution in [0.1, 0.15) is 67.7 Å². The minimum absolute atomic E-state index is 0.171. The Balaban J connectivity index is 1.57. The van der Waals surface area contributed by atoms with Gasteiger partial charge in [-0.05, 0) is 77.3 Å². The lowest BCUT2D eigenvalue weighted by Crippen LogP contribution is -2.20. The third-order valence-corrected chi connectivity index (χ3v) is 8.41. The molecule has 2 aromatic heterocycles. The van der Waals surface area contributed by atoms with E-state index in [0.29, 0.717) is 5.92 Å². The first-order valence-corrected chi connectivity index (χ1v) is 12.6. The Hall–Kier alpha value is -3.39. The Morgan fingerprint density at radius 3 is 2.53 bits per heavy atom. The van der Waals surface area contributed by atoms with Gasteiger partial charge in [-0.15, -0.1) is 0 Å². The topological polar surface area (TPSA) is 26.0 Å². The molecule has 2 aliphatic carbocycles. The van der Waals surface area contributed by atoms with Crippen molar-refractivity contribution in [1.29, 1.82) is 0 Å². The molecule has 0 N–H and O–H groups in total. The number of hydrogen-bond donors (Lipinski definition) is 0. The van der Waals surface area contributed by atoms with Crippen LogP contribution in [0.2, 0.25) is 0 Å². The number of aryl methyl sites for hydroxylation is 1. The maximum Gasteiger partial charge on any atom is 0.145 e. The van der Waals surface area contributed by atoms with Crippen LogP contribution in [0, 0.1) is 6.92 Å². The van der Waals surface area contributed by atoms with Gasteiger partial charge in [-0.25, -0.2) is 0 Å². The van der Waals surface area contributed by atoms with Crippen molar-refractivity contribution in [3.8, 4) is 22.4 Å². The van der Waals surface area contributed by atoms with Gasteiger partial charge >= 0.3 is 0 Å². The van der Waals surface area contributed by atoms with Crippen LogP contribution in [0.15, 0.2) is 71.3 Å². The quantitative estimate of drug-likeness (QED) is 0.272. The number of fused-ring (bicyclic) bond motifs is 9. The summed E-state index contributed by atoms with van der Waals surface area (Å²) in [6.07, 6.45) is 7.03. The molecule has 1 saturated carbocycles. The molecule has 0 amide bonds. The highest BCUT2D eigenvalue weighted by molar-refractivity contribution is 6.17. The van der Waals surface area contributed by atoms with Crippen molar-refractivity contribution in [2.24, 2.45) is 0 Å². The van der Waals surface area contributed by atoms with Gasteiger partial charge in [0.05, 0.1) is 5.69 Å². The standard InChI is InChI=1S/C32H29NO/c1-19(2)21-14-17-33-26(18-21)28-20(3)10-11-23-30-27(34-31(23)28)13-12-25-29(30)22-8-4-5-9-24(22)32(25)15-6-7-16-32/h4-5,8-14,17-19H,6-7,15-16H2,1-3H3. The summed E-state index contributed by atoms with van der Waals surface area (Å²) in [5.41, 5.74) is 12.5. The molecule has 2 aliphatic rings. The molecule has 0 radical (unpaired) electrons. The van der Waals surface area contributed by atoms with Crippen molar-refractivity contribution in [2.75, 3.05) is 0 Å².